The largest absolute Gasteiger partial charge is 0.368 e. The van der Waals surface area contributed by atoms with Crippen LogP contribution in [0.15, 0.2) is 36.7 Å². The minimum atomic E-state index is -3.62. The molecule has 6 nitrogen and oxygen atoms in total. The van der Waals surface area contributed by atoms with Crippen LogP contribution >= 0.6 is 45.8 Å². The summed E-state index contributed by atoms with van der Waals surface area (Å²) in [5.74, 6) is 0. The van der Waals surface area contributed by atoms with Gasteiger partial charge in [-0.25, -0.2) is 0 Å². The van der Waals surface area contributed by atoms with Crippen molar-refractivity contribution in [3.63, 3.8) is 0 Å². The van der Waals surface area contributed by atoms with E-state index in [1.54, 1.807) is 24.5 Å². The summed E-state index contributed by atoms with van der Waals surface area (Å²) in [5, 5.41) is 0.927. The molecule has 1 aliphatic rings. The number of pyridine rings is 1. The lowest BCUT2D eigenvalue weighted by molar-refractivity contribution is 0.437. The lowest BCUT2D eigenvalue weighted by Gasteiger charge is -2.25. The molecule has 1 N–H and O–H groups in total. The van der Waals surface area contributed by atoms with E-state index in [1.807, 2.05) is 17.0 Å². The first-order valence-corrected chi connectivity index (χ1v) is 11.2. The molecule has 3 rings (SSSR count). The van der Waals surface area contributed by atoms with Gasteiger partial charge in [0.05, 0.1) is 15.7 Å². The fourth-order valence-corrected chi connectivity index (χ4v) is 5.01. The maximum absolute atomic E-state index is 12.7. The lowest BCUT2D eigenvalue weighted by Crippen LogP contribution is -2.38. The summed E-state index contributed by atoms with van der Waals surface area (Å²) in [5.41, 5.74) is 1.25. The number of anilines is 2. The Morgan fingerprint density at radius 1 is 1.00 bits per heavy atom. The molecule has 140 valence electrons. The van der Waals surface area contributed by atoms with Gasteiger partial charge >= 0.3 is 10.2 Å². The van der Waals surface area contributed by atoms with Crippen molar-refractivity contribution in [1.82, 2.24) is 9.29 Å². The van der Waals surface area contributed by atoms with Crippen LogP contribution < -0.4 is 9.62 Å². The SMILES string of the molecule is O=S(=O)(Nc1ccc(I)cc1)N1CCCN(c2c(Cl)cncc2Cl)CC1. The monoisotopic (exact) mass is 526 g/mol. The Kier molecular flexibility index (Phi) is 6.50. The molecule has 2 aromatic rings. The number of benzene rings is 1. The summed E-state index contributed by atoms with van der Waals surface area (Å²) >= 11 is 14.6. The Morgan fingerprint density at radius 2 is 1.65 bits per heavy atom. The minimum Gasteiger partial charge on any atom is -0.368 e. The van der Waals surface area contributed by atoms with Gasteiger partial charge in [-0.2, -0.15) is 12.7 Å². The van der Waals surface area contributed by atoms with E-state index < -0.39 is 10.2 Å². The molecule has 1 aromatic carbocycles. The summed E-state index contributed by atoms with van der Waals surface area (Å²) in [6, 6.07) is 7.21. The third kappa shape index (κ3) is 4.72. The molecule has 1 saturated heterocycles. The van der Waals surface area contributed by atoms with Gasteiger partial charge in [-0.3, -0.25) is 9.71 Å². The van der Waals surface area contributed by atoms with E-state index >= 15 is 0 Å². The van der Waals surface area contributed by atoms with Crippen molar-refractivity contribution in [2.45, 2.75) is 6.42 Å². The second-order valence-corrected chi connectivity index (χ2v) is 9.54. The molecule has 2 heterocycles. The van der Waals surface area contributed by atoms with Crippen LogP contribution in [0, 0.1) is 3.57 Å². The molecule has 0 saturated carbocycles. The van der Waals surface area contributed by atoms with E-state index in [0.29, 0.717) is 54.0 Å². The number of hydrogen-bond donors (Lipinski definition) is 1. The number of rotatable bonds is 4. The highest BCUT2D eigenvalue weighted by Gasteiger charge is 2.26. The van der Waals surface area contributed by atoms with Crippen LogP contribution in [0.25, 0.3) is 0 Å². The molecule has 0 amide bonds. The Morgan fingerprint density at radius 3 is 2.31 bits per heavy atom. The van der Waals surface area contributed by atoms with Gasteiger partial charge in [0, 0.05) is 47.8 Å². The van der Waals surface area contributed by atoms with E-state index in [0.717, 1.165) is 3.57 Å². The van der Waals surface area contributed by atoms with Crippen molar-refractivity contribution in [2.24, 2.45) is 0 Å². The first-order valence-electron chi connectivity index (χ1n) is 7.94. The number of nitrogens with one attached hydrogen (secondary N) is 1. The van der Waals surface area contributed by atoms with Crippen LogP contribution in [0.1, 0.15) is 6.42 Å². The first-order chi connectivity index (χ1) is 12.4. The Labute approximate surface area is 176 Å². The van der Waals surface area contributed by atoms with Crippen molar-refractivity contribution in [3.05, 3.63) is 50.3 Å². The quantitative estimate of drug-likeness (QED) is 0.614. The Hall–Kier alpha value is -0.810. The molecular weight excluding hydrogens is 510 g/mol. The number of halogens is 3. The van der Waals surface area contributed by atoms with Gasteiger partial charge in [-0.15, -0.1) is 0 Å². The van der Waals surface area contributed by atoms with Crippen LogP contribution in [0.2, 0.25) is 10.0 Å². The molecule has 0 unspecified atom stereocenters. The Bertz CT molecular complexity index is 860. The van der Waals surface area contributed by atoms with Crippen LogP contribution in [0.5, 0.6) is 0 Å². The lowest BCUT2D eigenvalue weighted by atomic mass is 10.3. The average Bonchev–Trinajstić information content (AvgIpc) is 2.83. The van der Waals surface area contributed by atoms with Crippen molar-refractivity contribution in [2.75, 3.05) is 35.8 Å². The van der Waals surface area contributed by atoms with Gasteiger partial charge in [0.1, 0.15) is 0 Å². The molecule has 1 aliphatic heterocycles. The summed E-state index contributed by atoms with van der Waals surface area (Å²) in [6.45, 7) is 1.93. The minimum absolute atomic E-state index is 0.342. The molecule has 0 atom stereocenters. The van der Waals surface area contributed by atoms with Crippen LogP contribution in [-0.2, 0) is 10.2 Å². The van der Waals surface area contributed by atoms with E-state index in [1.165, 1.54) is 4.31 Å². The highest BCUT2D eigenvalue weighted by atomic mass is 127. The topological polar surface area (TPSA) is 65.5 Å². The fourth-order valence-electron chi connectivity index (χ4n) is 2.80. The molecule has 1 fully saturated rings. The summed E-state index contributed by atoms with van der Waals surface area (Å²) in [6.07, 6.45) is 3.75. The second kappa shape index (κ2) is 8.47. The van der Waals surface area contributed by atoms with Gasteiger partial charge in [0.15, 0.2) is 0 Å². The van der Waals surface area contributed by atoms with Crippen LogP contribution in [0.4, 0.5) is 11.4 Å². The summed E-state index contributed by atoms with van der Waals surface area (Å²) < 4.78 is 30.5. The maximum atomic E-state index is 12.7. The second-order valence-electron chi connectivity index (χ2n) is 5.81. The third-order valence-corrected chi connectivity index (χ3v) is 6.84. The normalized spacial score (nSPS) is 16.3. The first kappa shape index (κ1) is 19.9. The van der Waals surface area contributed by atoms with Gasteiger partial charge in [-0.1, -0.05) is 23.2 Å². The molecule has 1 aromatic heterocycles. The third-order valence-electron chi connectivity index (χ3n) is 4.03. The highest BCUT2D eigenvalue weighted by Crippen LogP contribution is 2.33. The van der Waals surface area contributed by atoms with E-state index in [9.17, 15) is 8.42 Å². The molecule has 26 heavy (non-hydrogen) atoms. The molecular formula is C16H17Cl2IN4O2S. The smallest absolute Gasteiger partial charge is 0.301 e. The fraction of sp³-hybridized carbons (Fsp3) is 0.312. The van der Waals surface area contributed by atoms with Crippen molar-refractivity contribution in [3.8, 4) is 0 Å². The molecule has 10 heteroatoms. The van der Waals surface area contributed by atoms with E-state index in [2.05, 4.69) is 32.3 Å². The van der Waals surface area contributed by atoms with Crippen LogP contribution in [-0.4, -0.2) is 43.9 Å². The van der Waals surface area contributed by atoms with Gasteiger partial charge in [0.25, 0.3) is 0 Å². The molecule has 0 radical (unpaired) electrons. The van der Waals surface area contributed by atoms with Gasteiger partial charge in [-0.05, 0) is 53.3 Å². The zero-order chi connectivity index (χ0) is 18.7. The van der Waals surface area contributed by atoms with Crippen LogP contribution in [0.3, 0.4) is 0 Å². The number of aromatic nitrogens is 1. The van der Waals surface area contributed by atoms with Gasteiger partial charge in [0.2, 0.25) is 0 Å². The molecule has 0 bridgehead atoms. The number of hydrogen-bond acceptors (Lipinski definition) is 4. The van der Waals surface area contributed by atoms with Crippen molar-refractivity contribution in [1.29, 1.82) is 0 Å². The summed E-state index contributed by atoms with van der Waals surface area (Å²) in [4.78, 5) is 5.97. The zero-order valence-corrected chi connectivity index (χ0v) is 18.2. The number of nitrogens with zero attached hydrogens (tertiary/aromatic N) is 3. The van der Waals surface area contributed by atoms with E-state index in [4.69, 9.17) is 23.2 Å². The zero-order valence-electron chi connectivity index (χ0n) is 13.7. The predicted octanol–water partition coefficient (Wildman–Crippen LogP) is 3.86. The van der Waals surface area contributed by atoms with Crippen molar-refractivity contribution >= 4 is 67.4 Å². The molecule has 0 aliphatic carbocycles. The summed E-state index contributed by atoms with van der Waals surface area (Å²) in [7, 11) is -3.62. The maximum Gasteiger partial charge on any atom is 0.301 e. The predicted molar refractivity (Wildman–Crippen MR) is 114 cm³/mol. The van der Waals surface area contributed by atoms with Gasteiger partial charge < -0.3 is 4.90 Å². The highest BCUT2D eigenvalue weighted by molar-refractivity contribution is 14.1. The Balaban J connectivity index is 1.72. The molecule has 0 spiro atoms. The van der Waals surface area contributed by atoms with E-state index in [-0.39, 0.29) is 0 Å². The van der Waals surface area contributed by atoms with Crippen molar-refractivity contribution < 1.29 is 8.42 Å². The average molecular weight is 527 g/mol. The standard InChI is InChI=1S/C16H17Cl2IN4O2S/c17-14-10-20-11-15(18)16(14)22-6-1-7-23(9-8-22)26(24,25)21-13-4-2-12(19)3-5-13/h2-5,10-11,21H,1,6-9H2.